The van der Waals surface area contributed by atoms with Crippen molar-refractivity contribution in [3.63, 3.8) is 0 Å². The van der Waals surface area contributed by atoms with E-state index >= 15 is 0 Å². The fraction of sp³-hybridized carbons (Fsp3) is 0.286. The average molecular weight is 456 g/mol. The van der Waals surface area contributed by atoms with Crippen LogP contribution in [0.25, 0.3) is 10.8 Å². The van der Waals surface area contributed by atoms with Gasteiger partial charge in [0.25, 0.3) is 5.91 Å². The van der Waals surface area contributed by atoms with E-state index in [-0.39, 0.29) is 23.8 Å². The highest BCUT2D eigenvalue weighted by Gasteiger charge is 2.28. The molecule has 2 saturated carbocycles. The van der Waals surface area contributed by atoms with E-state index in [4.69, 9.17) is 4.74 Å². The Morgan fingerprint density at radius 2 is 1.62 bits per heavy atom. The van der Waals surface area contributed by atoms with Crippen molar-refractivity contribution in [1.82, 2.24) is 10.6 Å². The zero-order chi connectivity index (χ0) is 23.5. The Labute approximate surface area is 199 Å². The predicted octanol–water partition coefficient (Wildman–Crippen LogP) is 4.56. The van der Waals surface area contributed by atoms with E-state index in [9.17, 15) is 9.59 Å². The van der Waals surface area contributed by atoms with Gasteiger partial charge < -0.3 is 20.7 Å². The molecule has 0 atom stereocenters. The van der Waals surface area contributed by atoms with E-state index < -0.39 is 0 Å². The molecule has 1 amide bonds. The summed E-state index contributed by atoms with van der Waals surface area (Å²) in [5.74, 6) is 0.431. The smallest absolute Gasteiger partial charge is 0.267 e. The van der Waals surface area contributed by atoms with Gasteiger partial charge in [0, 0.05) is 41.5 Å². The molecule has 0 spiro atoms. The monoisotopic (exact) mass is 455 g/mol. The Morgan fingerprint density at radius 3 is 2.32 bits per heavy atom. The van der Waals surface area contributed by atoms with Crippen molar-refractivity contribution in [2.24, 2.45) is 0 Å². The summed E-state index contributed by atoms with van der Waals surface area (Å²) in [5.41, 5.74) is 2.75. The van der Waals surface area contributed by atoms with Crippen LogP contribution in [0.2, 0.25) is 0 Å². The molecule has 2 fully saturated rings. The van der Waals surface area contributed by atoms with Crippen molar-refractivity contribution in [3.05, 3.63) is 83.6 Å². The molecule has 0 saturated heterocycles. The fourth-order valence-corrected chi connectivity index (χ4v) is 3.90. The number of anilines is 1. The van der Waals surface area contributed by atoms with E-state index in [0.29, 0.717) is 17.8 Å². The number of benzene rings is 3. The van der Waals surface area contributed by atoms with Crippen molar-refractivity contribution in [1.29, 1.82) is 0 Å². The molecule has 3 aromatic carbocycles. The number of fused-ring (bicyclic) bond motifs is 1. The summed E-state index contributed by atoms with van der Waals surface area (Å²) in [4.78, 5) is 25.6. The number of allylic oxidation sites excluding steroid dienone is 1. The first-order valence-electron chi connectivity index (χ1n) is 11.8. The van der Waals surface area contributed by atoms with Gasteiger partial charge in [-0.1, -0.05) is 36.4 Å². The van der Waals surface area contributed by atoms with Crippen LogP contribution < -0.4 is 20.7 Å². The molecular weight excluding hydrogens is 426 g/mol. The van der Waals surface area contributed by atoms with Gasteiger partial charge in [-0.3, -0.25) is 9.59 Å². The summed E-state index contributed by atoms with van der Waals surface area (Å²) in [7, 11) is 1.67. The van der Waals surface area contributed by atoms with E-state index in [2.05, 4.69) is 34.1 Å². The normalized spacial score (nSPS) is 15.6. The van der Waals surface area contributed by atoms with Crippen LogP contribution in [0.5, 0.6) is 5.75 Å². The lowest BCUT2D eigenvalue weighted by Gasteiger charge is -2.13. The van der Waals surface area contributed by atoms with Crippen molar-refractivity contribution in [2.45, 2.75) is 44.3 Å². The van der Waals surface area contributed by atoms with Gasteiger partial charge in [0.05, 0.1) is 7.11 Å². The first-order chi connectivity index (χ1) is 16.6. The zero-order valence-electron chi connectivity index (χ0n) is 19.3. The summed E-state index contributed by atoms with van der Waals surface area (Å²) >= 11 is 0. The van der Waals surface area contributed by atoms with Crippen LogP contribution in [-0.4, -0.2) is 30.9 Å². The summed E-state index contributed by atoms with van der Waals surface area (Å²) in [6.45, 7) is 0.555. The Morgan fingerprint density at radius 1 is 0.912 bits per heavy atom. The Kier molecular flexibility index (Phi) is 6.21. The summed E-state index contributed by atoms with van der Waals surface area (Å²) in [6, 6.07) is 20.2. The number of rotatable bonds is 10. The Bertz CT molecular complexity index is 1260. The Balaban J connectivity index is 1.31. The molecule has 0 unspecified atom stereocenters. The molecule has 3 N–H and O–H groups in total. The maximum Gasteiger partial charge on any atom is 0.267 e. The van der Waals surface area contributed by atoms with Crippen molar-refractivity contribution in [3.8, 4) is 5.75 Å². The summed E-state index contributed by atoms with van der Waals surface area (Å²) < 4.78 is 5.59. The number of amides is 1. The van der Waals surface area contributed by atoms with Gasteiger partial charge in [-0.25, -0.2) is 0 Å². The largest absolute Gasteiger partial charge is 0.496 e. The maximum absolute atomic E-state index is 13.0. The molecule has 2 aliphatic carbocycles. The molecule has 0 aliphatic heterocycles. The molecule has 0 radical (unpaired) electrons. The lowest BCUT2D eigenvalue weighted by Crippen LogP contribution is -2.34. The number of hydrogen-bond donors (Lipinski definition) is 3. The van der Waals surface area contributed by atoms with E-state index in [0.717, 1.165) is 53.5 Å². The lowest BCUT2D eigenvalue weighted by atomic mass is 10.1. The van der Waals surface area contributed by atoms with Crippen LogP contribution in [-0.2, 0) is 11.3 Å². The minimum absolute atomic E-state index is 0.193. The van der Waals surface area contributed by atoms with E-state index in [1.54, 1.807) is 13.2 Å². The van der Waals surface area contributed by atoms with Gasteiger partial charge in [0.1, 0.15) is 11.4 Å². The second-order valence-electron chi connectivity index (χ2n) is 9.03. The van der Waals surface area contributed by atoms with E-state index in [1.165, 1.54) is 6.08 Å². The molecule has 6 nitrogen and oxygen atoms in total. The molecule has 5 rings (SSSR count). The van der Waals surface area contributed by atoms with E-state index in [1.807, 2.05) is 36.4 Å². The lowest BCUT2D eigenvalue weighted by molar-refractivity contribution is -0.118. The highest BCUT2D eigenvalue weighted by Crippen LogP contribution is 2.27. The highest BCUT2D eigenvalue weighted by molar-refractivity contribution is 6.09. The maximum atomic E-state index is 13.0. The third kappa shape index (κ3) is 5.39. The van der Waals surface area contributed by atoms with Crippen LogP contribution in [0.4, 0.5) is 5.69 Å². The van der Waals surface area contributed by atoms with Crippen LogP contribution in [0.1, 0.15) is 41.6 Å². The molecule has 0 bridgehead atoms. The molecule has 6 heteroatoms. The predicted molar refractivity (Wildman–Crippen MR) is 134 cm³/mol. The van der Waals surface area contributed by atoms with Gasteiger partial charge in [-0.15, -0.1) is 0 Å². The number of carbonyl (C=O) groups is 2. The van der Waals surface area contributed by atoms with Crippen molar-refractivity contribution >= 4 is 28.2 Å². The SMILES string of the molecule is COc1cc2ccccc2cc1CNc1cccc(C(=O)/C=C(/NC2CC2)C(=O)NC2CC2)c1. The molecule has 3 aromatic rings. The quantitative estimate of drug-likeness (QED) is 0.309. The number of nitrogens with one attached hydrogen (secondary N) is 3. The molecule has 174 valence electrons. The standard InChI is InChI=1S/C28H29N3O3/c1-34-27-15-19-6-3-2-5-18(19)13-21(27)17-29-24-8-4-7-20(14-24)26(32)16-25(30-22-9-10-22)28(33)31-23-11-12-23/h2-8,13-16,22-23,29-30H,9-12,17H2,1H3,(H,31,33)/b25-16+. The molecule has 0 aromatic heterocycles. The third-order valence-electron chi connectivity index (χ3n) is 6.15. The number of methoxy groups -OCH3 is 1. The highest BCUT2D eigenvalue weighted by atomic mass is 16.5. The fourth-order valence-electron chi connectivity index (χ4n) is 3.90. The van der Waals surface area contributed by atoms with Gasteiger partial charge in [0.15, 0.2) is 5.78 Å². The summed E-state index contributed by atoms with van der Waals surface area (Å²) in [5, 5.41) is 11.9. The van der Waals surface area contributed by atoms with Crippen molar-refractivity contribution < 1.29 is 14.3 Å². The zero-order valence-corrected chi connectivity index (χ0v) is 19.3. The van der Waals surface area contributed by atoms with Crippen LogP contribution in [0.15, 0.2) is 72.4 Å². The molecule has 0 heterocycles. The minimum Gasteiger partial charge on any atom is -0.496 e. The Hall–Kier alpha value is -3.80. The van der Waals surface area contributed by atoms with Crippen LogP contribution >= 0.6 is 0 Å². The molecular formula is C28H29N3O3. The number of carbonyl (C=O) groups excluding carboxylic acids is 2. The average Bonchev–Trinajstić information content (AvgIpc) is 3.79. The van der Waals surface area contributed by atoms with Crippen molar-refractivity contribution in [2.75, 3.05) is 12.4 Å². The topological polar surface area (TPSA) is 79.5 Å². The molecule has 34 heavy (non-hydrogen) atoms. The first-order valence-corrected chi connectivity index (χ1v) is 11.8. The second kappa shape index (κ2) is 9.59. The first kappa shape index (κ1) is 22.0. The number of ether oxygens (including phenoxy) is 1. The van der Waals surface area contributed by atoms with Gasteiger partial charge in [0.2, 0.25) is 0 Å². The minimum atomic E-state index is -0.194. The number of ketones is 1. The second-order valence-corrected chi connectivity index (χ2v) is 9.03. The molecule has 2 aliphatic rings. The third-order valence-corrected chi connectivity index (χ3v) is 6.15. The van der Waals surface area contributed by atoms with Crippen LogP contribution in [0.3, 0.4) is 0 Å². The summed E-state index contributed by atoms with van der Waals surface area (Å²) in [6.07, 6.45) is 5.50. The van der Waals surface area contributed by atoms with Gasteiger partial charge >= 0.3 is 0 Å². The van der Waals surface area contributed by atoms with Crippen LogP contribution in [0, 0.1) is 0 Å². The number of hydrogen-bond acceptors (Lipinski definition) is 5. The van der Waals surface area contributed by atoms with Gasteiger partial charge in [-0.2, -0.15) is 0 Å². The van der Waals surface area contributed by atoms with Gasteiger partial charge in [-0.05, 0) is 60.7 Å².